The number of fused-ring (bicyclic) bond motifs is 1. The Balaban J connectivity index is 1.34. The first-order chi connectivity index (χ1) is 17.8. The van der Waals surface area contributed by atoms with E-state index in [2.05, 4.69) is 15.6 Å². The minimum Gasteiger partial charge on any atom is -0.493 e. The first kappa shape index (κ1) is 26.5. The predicted octanol–water partition coefficient (Wildman–Crippen LogP) is 1.40. The highest BCUT2D eigenvalue weighted by Gasteiger charge is 2.35. The number of H-pyrrole nitrogens is 1. The SMILES string of the molecule is COc1ccc(S(=O)(=O)N2CCCO[C@@H]2CNC(=O)C(=O)NCCc2c[nH]c3ccccc23)cc1OC. The molecule has 3 N–H and O–H groups in total. The number of hydrogen-bond donors (Lipinski definition) is 3. The van der Waals surface area contributed by atoms with Crippen LogP contribution in [-0.4, -0.2) is 76.2 Å². The molecule has 3 aromatic rings. The third kappa shape index (κ3) is 5.87. The number of sulfonamides is 1. The maximum atomic E-state index is 13.3. The van der Waals surface area contributed by atoms with Crippen LogP contribution in [0.4, 0.5) is 0 Å². The van der Waals surface area contributed by atoms with Crippen LogP contribution in [-0.2, 0) is 30.8 Å². The molecule has 1 aliphatic rings. The predicted molar refractivity (Wildman–Crippen MR) is 136 cm³/mol. The second kappa shape index (κ2) is 11.6. The largest absolute Gasteiger partial charge is 0.493 e. The van der Waals surface area contributed by atoms with Gasteiger partial charge in [0, 0.05) is 36.3 Å². The third-order valence-electron chi connectivity index (χ3n) is 6.11. The van der Waals surface area contributed by atoms with Crippen LogP contribution in [0.1, 0.15) is 12.0 Å². The van der Waals surface area contributed by atoms with Crippen LogP contribution in [0.5, 0.6) is 11.5 Å². The molecule has 0 bridgehead atoms. The molecular formula is C25H30N4O7S. The van der Waals surface area contributed by atoms with E-state index in [1.54, 1.807) is 0 Å². The van der Waals surface area contributed by atoms with Crippen molar-refractivity contribution in [2.24, 2.45) is 0 Å². The zero-order chi connectivity index (χ0) is 26.4. The average molecular weight is 531 g/mol. The van der Waals surface area contributed by atoms with Crippen LogP contribution < -0.4 is 20.1 Å². The quantitative estimate of drug-likeness (QED) is 0.356. The van der Waals surface area contributed by atoms with Gasteiger partial charge in [0.05, 0.1) is 32.3 Å². The van der Waals surface area contributed by atoms with Crippen molar-refractivity contribution in [2.45, 2.75) is 24.0 Å². The maximum Gasteiger partial charge on any atom is 0.309 e. The van der Waals surface area contributed by atoms with Crippen molar-refractivity contribution >= 4 is 32.7 Å². The van der Waals surface area contributed by atoms with E-state index < -0.39 is 28.1 Å². The number of nitrogens with zero attached hydrogens (tertiary/aromatic N) is 1. The number of amides is 2. The number of methoxy groups -OCH3 is 2. The van der Waals surface area contributed by atoms with Crippen molar-refractivity contribution in [2.75, 3.05) is 40.5 Å². The van der Waals surface area contributed by atoms with Gasteiger partial charge in [0.15, 0.2) is 11.5 Å². The summed E-state index contributed by atoms with van der Waals surface area (Å²) in [7, 11) is -1.10. The Morgan fingerprint density at radius 2 is 1.84 bits per heavy atom. The van der Waals surface area contributed by atoms with Crippen molar-refractivity contribution < 1.29 is 32.2 Å². The van der Waals surface area contributed by atoms with Gasteiger partial charge in [-0.15, -0.1) is 0 Å². The molecule has 4 rings (SSSR count). The van der Waals surface area contributed by atoms with Gasteiger partial charge in [-0.3, -0.25) is 9.59 Å². The fourth-order valence-corrected chi connectivity index (χ4v) is 5.79. The highest BCUT2D eigenvalue weighted by molar-refractivity contribution is 7.89. The van der Waals surface area contributed by atoms with Gasteiger partial charge in [-0.1, -0.05) is 18.2 Å². The third-order valence-corrected chi connectivity index (χ3v) is 8.00. The van der Waals surface area contributed by atoms with Gasteiger partial charge in [0.25, 0.3) is 0 Å². The molecule has 0 spiro atoms. The van der Waals surface area contributed by atoms with Gasteiger partial charge in [-0.05, 0) is 36.6 Å². The minimum absolute atomic E-state index is 0.00185. The van der Waals surface area contributed by atoms with Gasteiger partial charge in [-0.2, -0.15) is 4.31 Å². The Bertz CT molecular complexity index is 1370. The van der Waals surface area contributed by atoms with E-state index in [9.17, 15) is 18.0 Å². The van der Waals surface area contributed by atoms with Crippen LogP contribution in [0.15, 0.2) is 53.6 Å². The lowest BCUT2D eigenvalue weighted by Gasteiger charge is -2.34. The van der Waals surface area contributed by atoms with E-state index in [1.807, 2.05) is 30.5 Å². The lowest BCUT2D eigenvalue weighted by atomic mass is 10.1. The Morgan fingerprint density at radius 1 is 1.08 bits per heavy atom. The van der Waals surface area contributed by atoms with E-state index in [1.165, 1.54) is 36.7 Å². The Kier molecular flexibility index (Phi) is 8.31. The van der Waals surface area contributed by atoms with E-state index in [4.69, 9.17) is 14.2 Å². The number of nitrogens with one attached hydrogen (secondary N) is 3. The second-order valence-electron chi connectivity index (χ2n) is 8.39. The van der Waals surface area contributed by atoms with Crippen LogP contribution in [0.25, 0.3) is 10.9 Å². The molecule has 11 nitrogen and oxygen atoms in total. The smallest absolute Gasteiger partial charge is 0.309 e. The first-order valence-corrected chi connectivity index (χ1v) is 13.3. The summed E-state index contributed by atoms with van der Waals surface area (Å²) in [6, 6.07) is 12.1. The number of ether oxygens (including phenoxy) is 3. The molecule has 0 saturated carbocycles. The number of aromatic amines is 1. The summed E-state index contributed by atoms with van der Waals surface area (Å²) < 4.78 is 43.9. The van der Waals surface area contributed by atoms with Crippen LogP contribution in [0.3, 0.4) is 0 Å². The van der Waals surface area contributed by atoms with Crippen molar-refractivity contribution in [3.63, 3.8) is 0 Å². The Labute approximate surface area is 215 Å². The van der Waals surface area contributed by atoms with Crippen LogP contribution >= 0.6 is 0 Å². The van der Waals surface area contributed by atoms with Gasteiger partial charge in [0.2, 0.25) is 10.0 Å². The number of benzene rings is 2. The van der Waals surface area contributed by atoms with Crippen molar-refractivity contribution in [3.8, 4) is 11.5 Å². The molecule has 0 radical (unpaired) electrons. The van der Waals surface area contributed by atoms with E-state index in [0.717, 1.165) is 16.5 Å². The zero-order valence-corrected chi connectivity index (χ0v) is 21.5. The van der Waals surface area contributed by atoms with Gasteiger partial charge < -0.3 is 29.8 Å². The summed E-state index contributed by atoms with van der Waals surface area (Å²) in [5, 5.41) is 6.15. The molecule has 1 atom stereocenters. The number of rotatable bonds is 9. The molecule has 1 fully saturated rings. The molecule has 12 heteroatoms. The normalized spacial score (nSPS) is 16.3. The van der Waals surface area contributed by atoms with Crippen molar-refractivity contribution in [3.05, 3.63) is 54.2 Å². The number of carbonyl (C=O) groups excluding carboxylic acids is 2. The topological polar surface area (TPSA) is 139 Å². The number of aromatic nitrogens is 1. The summed E-state index contributed by atoms with van der Waals surface area (Å²) in [5.41, 5.74) is 2.03. The van der Waals surface area contributed by atoms with E-state index in [0.29, 0.717) is 25.2 Å². The highest BCUT2D eigenvalue weighted by atomic mass is 32.2. The molecule has 1 saturated heterocycles. The minimum atomic E-state index is -3.98. The monoisotopic (exact) mass is 530 g/mol. The fraction of sp³-hybridized carbons (Fsp3) is 0.360. The van der Waals surface area contributed by atoms with E-state index >= 15 is 0 Å². The van der Waals surface area contributed by atoms with Crippen LogP contribution in [0.2, 0.25) is 0 Å². The fourth-order valence-electron chi connectivity index (χ4n) is 4.20. The standard InChI is InChI=1S/C25H30N4O7S/c1-34-21-9-8-18(14-22(21)35-2)37(32,33)29-12-5-13-36-23(29)16-28-25(31)24(30)26-11-10-17-15-27-20-7-4-3-6-19(17)20/h3-4,6-9,14-15,23,27H,5,10-13,16H2,1-2H3,(H,26,30)(H,28,31)/t23-/m1/s1. The van der Waals surface area contributed by atoms with Crippen LogP contribution in [0, 0.1) is 0 Å². The van der Waals surface area contributed by atoms with Crippen molar-refractivity contribution in [1.29, 1.82) is 0 Å². The molecule has 37 heavy (non-hydrogen) atoms. The number of hydrogen-bond acceptors (Lipinski definition) is 7. The summed E-state index contributed by atoms with van der Waals surface area (Å²) >= 11 is 0. The highest BCUT2D eigenvalue weighted by Crippen LogP contribution is 2.31. The first-order valence-electron chi connectivity index (χ1n) is 11.8. The lowest BCUT2D eigenvalue weighted by molar-refractivity contribution is -0.140. The van der Waals surface area contributed by atoms with Crippen molar-refractivity contribution in [1.82, 2.24) is 19.9 Å². The molecule has 0 unspecified atom stereocenters. The van der Waals surface area contributed by atoms with Gasteiger partial charge >= 0.3 is 11.8 Å². The van der Waals surface area contributed by atoms with E-state index in [-0.39, 0.29) is 30.3 Å². The summed E-state index contributed by atoms with van der Waals surface area (Å²) in [6.45, 7) is 0.623. The zero-order valence-electron chi connectivity index (χ0n) is 20.7. The second-order valence-corrected chi connectivity index (χ2v) is 10.3. The number of para-hydroxylation sites is 1. The molecule has 2 amide bonds. The summed E-state index contributed by atoms with van der Waals surface area (Å²) in [6.07, 6.45) is 1.96. The molecule has 1 aliphatic heterocycles. The number of carbonyl (C=O) groups is 2. The molecule has 2 aromatic carbocycles. The molecule has 1 aromatic heterocycles. The van der Waals surface area contributed by atoms with Gasteiger partial charge in [0.1, 0.15) is 6.23 Å². The summed E-state index contributed by atoms with van der Waals surface area (Å²) in [4.78, 5) is 27.9. The summed E-state index contributed by atoms with van der Waals surface area (Å²) in [5.74, 6) is -0.993. The molecular weight excluding hydrogens is 500 g/mol. The van der Waals surface area contributed by atoms with Gasteiger partial charge in [-0.25, -0.2) is 8.42 Å². The molecule has 2 heterocycles. The Morgan fingerprint density at radius 3 is 2.62 bits per heavy atom. The Hall–Kier alpha value is -3.61. The average Bonchev–Trinajstić information content (AvgIpc) is 3.34. The molecule has 198 valence electrons. The molecule has 0 aliphatic carbocycles. The lowest BCUT2D eigenvalue weighted by Crippen LogP contribution is -2.53. The maximum absolute atomic E-state index is 13.3.